The molecule has 8 heteroatoms. The minimum Gasteiger partial charge on any atom is -0.507 e. The molecule has 2 aromatic carbocycles. The number of rotatable bonds is 11. The molecule has 1 amide bonds. The molecule has 0 saturated carbocycles. The molecular weight excluding hydrogens is 462 g/mol. The third kappa shape index (κ3) is 5.99. The minimum atomic E-state index is -0.807. The van der Waals surface area contributed by atoms with Crippen LogP contribution in [0.3, 0.4) is 0 Å². The van der Waals surface area contributed by atoms with Gasteiger partial charge in [0.1, 0.15) is 11.5 Å². The number of benzene rings is 2. The number of carbonyl (C=O) groups is 2. The topological polar surface area (TPSA) is 94.5 Å². The Hall–Kier alpha value is -3.52. The van der Waals surface area contributed by atoms with E-state index in [0.29, 0.717) is 41.4 Å². The van der Waals surface area contributed by atoms with Crippen LogP contribution >= 0.6 is 0 Å². The number of hydrogen-bond donors (Lipinski definition) is 1. The molecule has 0 aromatic heterocycles. The van der Waals surface area contributed by atoms with Crippen molar-refractivity contribution >= 4 is 17.4 Å². The number of Topliss-reactive ketones (excluding diaryl/α,β-unsaturated/α-hetero) is 1. The molecule has 0 spiro atoms. The zero-order valence-corrected chi connectivity index (χ0v) is 21.7. The Kier molecular flexibility index (Phi) is 8.98. The monoisotopic (exact) mass is 497 g/mol. The molecule has 1 saturated heterocycles. The third-order valence-electron chi connectivity index (χ3n) is 5.74. The summed E-state index contributed by atoms with van der Waals surface area (Å²) in [4.78, 5) is 27.9. The summed E-state index contributed by atoms with van der Waals surface area (Å²) in [7, 11) is 3.05. The van der Waals surface area contributed by atoms with E-state index < -0.39 is 17.7 Å². The average molecular weight is 498 g/mol. The van der Waals surface area contributed by atoms with Crippen molar-refractivity contribution in [3.63, 3.8) is 0 Å². The van der Waals surface area contributed by atoms with Gasteiger partial charge in [-0.05, 0) is 63.9 Å². The van der Waals surface area contributed by atoms with Gasteiger partial charge in [-0.1, -0.05) is 18.2 Å². The van der Waals surface area contributed by atoms with Crippen LogP contribution in [-0.4, -0.2) is 61.3 Å². The van der Waals surface area contributed by atoms with E-state index in [1.807, 2.05) is 27.7 Å². The van der Waals surface area contributed by atoms with E-state index in [-0.39, 0.29) is 30.1 Å². The van der Waals surface area contributed by atoms with Crippen LogP contribution in [0.15, 0.2) is 48.0 Å². The minimum absolute atomic E-state index is 0.0127. The largest absolute Gasteiger partial charge is 0.507 e. The first-order chi connectivity index (χ1) is 17.2. The van der Waals surface area contributed by atoms with Gasteiger partial charge < -0.3 is 29.0 Å². The highest BCUT2D eigenvalue weighted by molar-refractivity contribution is 6.46. The first-order valence-electron chi connectivity index (χ1n) is 12.1. The number of nitrogens with zero attached hydrogens (tertiary/aromatic N) is 1. The fraction of sp³-hybridized carbons (Fsp3) is 0.429. The van der Waals surface area contributed by atoms with Gasteiger partial charge in [0.2, 0.25) is 0 Å². The molecule has 1 fully saturated rings. The molecule has 0 aliphatic carbocycles. The fourth-order valence-electron chi connectivity index (χ4n) is 4.18. The normalized spacial score (nSPS) is 17.2. The van der Waals surface area contributed by atoms with Crippen LogP contribution in [0, 0.1) is 0 Å². The van der Waals surface area contributed by atoms with Gasteiger partial charge in [-0.15, -0.1) is 0 Å². The Labute approximate surface area is 212 Å². The number of aliphatic hydroxyl groups excluding tert-OH is 1. The highest BCUT2D eigenvalue weighted by Crippen LogP contribution is 2.42. The molecule has 0 radical (unpaired) electrons. The van der Waals surface area contributed by atoms with Crippen LogP contribution in [0.2, 0.25) is 0 Å². The molecule has 36 heavy (non-hydrogen) atoms. The average Bonchev–Trinajstić information content (AvgIpc) is 3.10. The summed E-state index contributed by atoms with van der Waals surface area (Å²) >= 11 is 0. The summed E-state index contributed by atoms with van der Waals surface area (Å²) in [6.45, 7) is 8.40. The van der Waals surface area contributed by atoms with E-state index in [4.69, 9.17) is 18.9 Å². The maximum absolute atomic E-state index is 13.3. The molecule has 1 N–H and O–H groups in total. The molecular formula is C28H35NO7. The summed E-state index contributed by atoms with van der Waals surface area (Å²) in [6, 6.07) is 11.2. The molecule has 1 atom stereocenters. The summed E-state index contributed by atoms with van der Waals surface area (Å²) in [5.74, 6) is -0.152. The van der Waals surface area contributed by atoms with Crippen molar-refractivity contribution in [2.45, 2.75) is 52.4 Å². The van der Waals surface area contributed by atoms with Crippen molar-refractivity contribution in [1.82, 2.24) is 4.90 Å². The SMILES string of the molecule is COc1ccc(C2/C(=C(/O)c3cccc(OC(C)C)c3)C(=O)C(=O)N2CCCOC(C)C)cc1OC. The maximum Gasteiger partial charge on any atom is 0.295 e. The molecule has 2 aromatic rings. The third-order valence-corrected chi connectivity index (χ3v) is 5.74. The summed E-state index contributed by atoms with van der Waals surface area (Å²) in [5.41, 5.74) is 1.02. The van der Waals surface area contributed by atoms with Gasteiger partial charge in [-0.2, -0.15) is 0 Å². The van der Waals surface area contributed by atoms with Crippen molar-refractivity contribution < 1.29 is 33.6 Å². The number of carbonyl (C=O) groups excluding carboxylic acids is 2. The van der Waals surface area contributed by atoms with Gasteiger partial charge in [-0.3, -0.25) is 9.59 Å². The van der Waals surface area contributed by atoms with Crippen LogP contribution in [-0.2, 0) is 14.3 Å². The number of methoxy groups -OCH3 is 2. The lowest BCUT2D eigenvalue weighted by atomic mass is 9.95. The second kappa shape index (κ2) is 11.9. The van der Waals surface area contributed by atoms with Gasteiger partial charge in [0.15, 0.2) is 11.5 Å². The smallest absolute Gasteiger partial charge is 0.295 e. The van der Waals surface area contributed by atoms with E-state index in [1.165, 1.54) is 19.1 Å². The summed E-state index contributed by atoms with van der Waals surface area (Å²) in [5, 5.41) is 11.3. The number of amides is 1. The molecule has 1 heterocycles. The van der Waals surface area contributed by atoms with E-state index in [2.05, 4.69) is 0 Å². The highest BCUT2D eigenvalue weighted by atomic mass is 16.5. The molecule has 0 bridgehead atoms. The first kappa shape index (κ1) is 27.1. The second-order valence-electron chi connectivity index (χ2n) is 9.07. The van der Waals surface area contributed by atoms with Gasteiger partial charge in [0.05, 0.1) is 38.0 Å². The van der Waals surface area contributed by atoms with E-state index in [0.717, 1.165) is 0 Å². The van der Waals surface area contributed by atoms with Crippen molar-refractivity contribution in [1.29, 1.82) is 0 Å². The number of aliphatic hydroxyl groups is 1. The lowest BCUT2D eigenvalue weighted by molar-refractivity contribution is -0.140. The Morgan fingerprint density at radius 1 is 0.972 bits per heavy atom. The second-order valence-corrected chi connectivity index (χ2v) is 9.07. The predicted molar refractivity (Wildman–Crippen MR) is 136 cm³/mol. The Morgan fingerprint density at radius 3 is 2.33 bits per heavy atom. The van der Waals surface area contributed by atoms with Crippen LogP contribution < -0.4 is 14.2 Å². The van der Waals surface area contributed by atoms with Crippen LogP contribution in [0.25, 0.3) is 5.76 Å². The van der Waals surface area contributed by atoms with Crippen LogP contribution in [0.5, 0.6) is 17.2 Å². The quantitative estimate of drug-likeness (QED) is 0.208. The molecule has 194 valence electrons. The molecule has 8 nitrogen and oxygen atoms in total. The zero-order valence-electron chi connectivity index (χ0n) is 21.7. The van der Waals surface area contributed by atoms with E-state index in [1.54, 1.807) is 42.5 Å². The standard InChI is InChI=1S/C28H35NO7/c1-17(2)35-14-8-13-29-25(19-11-12-22(33-5)23(16-19)34-6)24(27(31)28(29)32)26(30)20-9-7-10-21(15-20)36-18(3)4/h7,9-12,15-18,25,30H,8,13-14H2,1-6H3/b26-24-. The van der Waals surface area contributed by atoms with Crippen molar-refractivity contribution in [2.24, 2.45) is 0 Å². The van der Waals surface area contributed by atoms with Gasteiger partial charge in [0, 0.05) is 18.7 Å². The lowest BCUT2D eigenvalue weighted by Crippen LogP contribution is -2.31. The molecule has 1 unspecified atom stereocenters. The maximum atomic E-state index is 13.3. The Balaban J connectivity index is 2.10. The highest BCUT2D eigenvalue weighted by Gasteiger charge is 2.46. The molecule has 3 rings (SSSR count). The number of ketones is 1. The Morgan fingerprint density at radius 2 is 1.69 bits per heavy atom. The molecule has 1 aliphatic heterocycles. The predicted octanol–water partition coefficient (Wildman–Crippen LogP) is 4.73. The molecule has 1 aliphatic rings. The van der Waals surface area contributed by atoms with E-state index >= 15 is 0 Å². The van der Waals surface area contributed by atoms with Crippen LogP contribution in [0.1, 0.15) is 51.3 Å². The van der Waals surface area contributed by atoms with Crippen molar-refractivity contribution in [3.8, 4) is 17.2 Å². The van der Waals surface area contributed by atoms with Gasteiger partial charge >= 0.3 is 0 Å². The number of hydrogen-bond acceptors (Lipinski definition) is 7. The summed E-state index contributed by atoms with van der Waals surface area (Å²) < 4.78 is 22.2. The fourth-order valence-corrected chi connectivity index (χ4v) is 4.18. The van der Waals surface area contributed by atoms with Gasteiger partial charge in [0.25, 0.3) is 11.7 Å². The van der Waals surface area contributed by atoms with Gasteiger partial charge in [-0.25, -0.2) is 0 Å². The number of likely N-dealkylation sites (tertiary alicyclic amines) is 1. The summed E-state index contributed by atoms with van der Waals surface area (Å²) in [6.07, 6.45) is 0.530. The van der Waals surface area contributed by atoms with Crippen LogP contribution in [0.4, 0.5) is 0 Å². The number of ether oxygens (including phenoxy) is 4. The zero-order chi connectivity index (χ0) is 26.4. The van der Waals surface area contributed by atoms with Crippen molar-refractivity contribution in [3.05, 3.63) is 59.2 Å². The van der Waals surface area contributed by atoms with E-state index in [9.17, 15) is 14.7 Å². The first-order valence-corrected chi connectivity index (χ1v) is 12.1. The van der Waals surface area contributed by atoms with Crippen molar-refractivity contribution in [2.75, 3.05) is 27.4 Å². The lowest BCUT2D eigenvalue weighted by Gasteiger charge is -2.26. The Bertz CT molecular complexity index is 1120.